The molecule has 0 bridgehead atoms. The van der Waals surface area contributed by atoms with Crippen molar-refractivity contribution in [1.29, 1.82) is 0 Å². The number of hydrogen-bond donors (Lipinski definition) is 0. The molecule has 0 aliphatic carbocycles. The van der Waals surface area contributed by atoms with Gasteiger partial charge in [-0.15, -0.1) is 0 Å². The predicted octanol–water partition coefficient (Wildman–Crippen LogP) is 0.478. The minimum absolute atomic E-state index is 0.497. The molecule has 1 aliphatic rings. The summed E-state index contributed by atoms with van der Waals surface area (Å²) in [5.74, 6) is 0. The third-order valence-corrected chi connectivity index (χ3v) is 0.649. The van der Waals surface area contributed by atoms with E-state index in [1.165, 1.54) is 0 Å². The molecule has 0 amide bonds. The molecule has 7 heavy (non-hydrogen) atoms. The Morgan fingerprint density at radius 1 is 1.71 bits per heavy atom. The highest BCUT2D eigenvalue weighted by Gasteiger charge is 1.80. The lowest BCUT2D eigenvalue weighted by atomic mass is 10.6. The molecule has 37 valence electrons. The molecular weight excluding hydrogens is 90.1 g/mol. The fraction of sp³-hybridized carbons (Fsp3) is 0.400. The van der Waals surface area contributed by atoms with Crippen molar-refractivity contribution in [3.63, 3.8) is 0 Å². The second-order valence-electron chi connectivity index (χ2n) is 1.18. The van der Waals surface area contributed by atoms with Gasteiger partial charge >= 0.3 is 0 Å². The quantitative estimate of drug-likeness (QED) is 0.429. The lowest BCUT2D eigenvalue weighted by molar-refractivity contribution is 0.307. The molecule has 1 aliphatic heterocycles. The minimum Gasteiger partial charge on any atom is -0.495 e. The van der Waals surface area contributed by atoms with E-state index >= 15 is 0 Å². The van der Waals surface area contributed by atoms with Gasteiger partial charge in [-0.1, -0.05) is 0 Å². The number of nitrogens with zero attached hydrogens (tertiary/aromatic N) is 1. The van der Waals surface area contributed by atoms with Gasteiger partial charge in [0.25, 0.3) is 0 Å². The van der Waals surface area contributed by atoms with Crippen LogP contribution in [0.15, 0.2) is 17.3 Å². The average Bonchev–Trinajstić information content (AvgIpc) is 1.90. The van der Waals surface area contributed by atoms with E-state index in [0.29, 0.717) is 13.2 Å². The van der Waals surface area contributed by atoms with E-state index in [9.17, 15) is 0 Å². The summed E-state index contributed by atoms with van der Waals surface area (Å²) in [6, 6.07) is 0. The molecule has 2 heteroatoms. The van der Waals surface area contributed by atoms with Crippen molar-refractivity contribution < 1.29 is 4.74 Å². The third kappa shape index (κ3) is 1.39. The van der Waals surface area contributed by atoms with Crippen LogP contribution in [-0.4, -0.2) is 19.4 Å². The zero-order valence-electron chi connectivity index (χ0n) is 3.92. The van der Waals surface area contributed by atoms with E-state index in [4.69, 9.17) is 4.74 Å². The fourth-order valence-corrected chi connectivity index (χ4v) is 0.359. The van der Waals surface area contributed by atoms with Gasteiger partial charge in [0.1, 0.15) is 6.61 Å². The number of aliphatic imine (C=N–C) groups is 1. The van der Waals surface area contributed by atoms with Gasteiger partial charge in [-0.2, -0.15) is 0 Å². The summed E-state index contributed by atoms with van der Waals surface area (Å²) in [6.45, 7) is 1.20. The van der Waals surface area contributed by atoms with Crippen molar-refractivity contribution in [2.75, 3.05) is 13.2 Å². The Bertz CT molecular complexity index is 84.3. The van der Waals surface area contributed by atoms with E-state index in [2.05, 4.69) is 11.2 Å². The lowest BCUT2D eigenvalue weighted by Crippen LogP contribution is -1.83. The van der Waals surface area contributed by atoms with Gasteiger partial charge in [0.15, 0.2) is 0 Å². The van der Waals surface area contributed by atoms with Crippen molar-refractivity contribution in [2.45, 2.75) is 0 Å². The van der Waals surface area contributed by atoms with Crippen molar-refractivity contribution in [3.8, 4) is 0 Å². The summed E-state index contributed by atoms with van der Waals surface area (Å²) < 4.78 is 4.81. The van der Waals surface area contributed by atoms with Crippen LogP contribution in [0, 0.1) is 0 Å². The fourth-order valence-electron chi connectivity index (χ4n) is 0.359. The molecule has 0 spiro atoms. The molecule has 0 aromatic heterocycles. The summed E-state index contributed by atoms with van der Waals surface area (Å²) in [4.78, 5) is 3.81. The van der Waals surface area contributed by atoms with Crippen LogP contribution in [0.3, 0.4) is 0 Å². The van der Waals surface area contributed by atoms with Gasteiger partial charge in [-0.3, -0.25) is 4.99 Å². The predicted molar refractivity (Wildman–Crippen MR) is 27.4 cm³/mol. The maximum Gasteiger partial charge on any atom is 0.131 e. The van der Waals surface area contributed by atoms with Crippen LogP contribution in [-0.2, 0) is 4.74 Å². The summed E-state index contributed by atoms with van der Waals surface area (Å²) in [6.07, 6.45) is 6.18. The molecule has 0 fully saturated rings. The van der Waals surface area contributed by atoms with E-state index in [1.807, 2.05) is 6.08 Å². The Balaban J connectivity index is 2.38. The van der Waals surface area contributed by atoms with Crippen LogP contribution in [0.4, 0.5) is 0 Å². The summed E-state index contributed by atoms with van der Waals surface area (Å²) in [5, 5.41) is 0. The molecule has 0 aromatic rings. The maximum absolute atomic E-state index is 4.81. The first-order chi connectivity index (χ1) is 3.50. The average molecular weight is 96.1 g/mol. The highest BCUT2D eigenvalue weighted by atomic mass is 16.5. The molecule has 0 saturated heterocycles. The molecular formula is C5H6NO. The third-order valence-electron chi connectivity index (χ3n) is 0.649. The second kappa shape index (κ2) is 2.39. The van der Waals surface area contributed by atoms with Crippen LogP contribution in [0.1, 0.15) is 0 Å². The molecule has 1 radical (unpaired) electrons. The monoisotopic (exact) mass is 96.0 g/mol. The first-order valence-corrected chi connectivity index (χ1v) is 2.16. The smallest absolute Gasteiger partial charge is 0.131 e. The van der Waals surface area contributed by atoms with Crippen LogP contribution in [0.2, 0.25) is 0 Å². The first-order valence-electron chi connectivity index (χ1n) is 2.16. The summed E-state index contributed by atoms with van der Waals surface area (Å²) >= 11 is 0. The normalized spacial score (nSPS) is 18.3. The van der Waals surface area contributed by atoms with Crippen molar-refractivity contribution in [2.24, 2.45) is 4.99 Å². The van der Waals surface area contributed by atoms with Gasteiger partial charge in [0.2, 0.25) is 0 Å². The Kier molecular flexibility index (Phi) is 1.50. The lowest BCUT2D eigenvalue weighted by Gasteiger charge is -1.84. The Morgan fingerprint density at radius 3 is 3.71 bits per heavy atom. The second-order valence-corrected chi connectivity index (χ2v) is 1.18. The summed E-state index contributed by atoms with van der Waals surface area (Å²) in [7, 11) is 0. The molecule has 0 atom stereocenters. The first kappa shape index (κ1) is 4.37. The zero-order chi connectivity index (χ0) is 4.95. The highest BCUT2D eigenvalue weighted by Crippen LogP contribution is 1.82. The standard InChI is InChI=1S/C5H6NO/c1-2-6-3-5-7-4-1/h1,4H,2,5H2. The van der Waals surface area contributed by atoms with E-state index in [1.54, 1.807) is 6.26 Å². The van der Waals surface area contributed by atoms with Crippen LogP contribution < -0.4 is 0 Å². The summed E-state index contributed by atoms with van der Waals surface area (Å²) in [5.41, 5.74) is 0. The van der Waals surface area contributed by atoms with Gasteiger partial charge in [-0.25, -0.2) is 0 Å². The highest BCUT2D eigenvalue weighted by molar-refractivity contribution is 5.58. The largest absolute Gasteiger partial charge is 0.495 e. The molecule has 0 aromatic carbocycles. The molecule has 1 heterocycles. The molecule has 1 rings (SSSR count). The molecule has 0 N–H and O–H groups in total. The van der Waals surface area contributed by atoms with Crippen LogP contribution in [0.25, 0.3) is 0 Å². The Morgan fingerprint density at radius 2 is 2.71 bits per heavy atom. The zero-order valence-corrected chi connectivity index (χ0v) is 3.92. The van der Waals surface area contributed by atoms with E-state index in [0.717, 1.165) is 0 Å². The number of ether oxygens (including phenoxy) is 1. The molecule has 2 nitrogen and oxygen atoms in total. The Labute approximate surface area is 42.5 Å². The minimum atomic E-state index is 0.497. The Hall–Kier alpha value is -0.790. The molecule has 0 unspecified atom stereocenters. The molecule has 0 saturated carbocycles. The number of hydrogen-bond acceptors (Lipinski definition) is 2. The number of rotatable bonds is 0. The van der Waals surface area contributed by atoms with Crippen LogP contribution >= 0.6 is 0 Å². The van der Waals surface area contributed by atoms with Gasteiger partial charge < -0.3 is 4.74 Å². The van der Waals surface area contributed by atoms with Crippen LogP contribution in [0.5, 0.6) is 0 Å². The van der Waals surface area contributed by atoms with Gasteiger partial charge in [0, 0.05) is 0 Å². The van der Waals surface area contributed by atoms with Crippen molar-refractivity contribution in [3.05, 3.63) is 12.3 Å². The van der Waals surface area contributed by atoms with Gasteiger partial charge in [0.05, 0.1) is 19.0 Å². The topological polar surface area (TPSA) is 21.6 Å². The van der Waals surface area contributed by atoms with Crippen molar-refractivity contribution >= 4 is 6.21 Å². The van der Waals surface area contributed by atoms with E-state index < -0.39 is 0 Å². The van der Waals surface area contributed by atoms with E-state index in [-0.39, 0.29) is 0 Å². The van der Waals surface area contributed by atoms with Crippen molar-refractivity contribution in [1.82, 2.24) is 0 Å². The maximum atomic E-state index is 4.81. The SMILES string of the molecule is [C]1=NCC=COC1. The van der Waals surface area contributed by atoms with Gasteiger partial charge in [-0.05, 0) is 6.08 Å².